The van der Waals surface area contributed by atoms with E-state index in [1.165, 1.54) is 32.4 Å². The molecule has 4 nitrogen and oxygen atoms in total. The molecule has 0 aliphatic heterocycles. The topological polar surface area (TPSA) is 55.8 Å². The Labute approximate surface area is 115 Å². The van der Waals surface area contributed by atoms with Gasteiger partial charge in [-0.25, -0.2) is 9.18 Å². The fourth-order valence-electron chi connectivity index (χ4n) is 1.84. The van der Waals surface area contributed by atoms with Crippen molar-refractivity contribution in [3.05, 3.63) is 47.8 Å². The summed E-state index contributed by atoms with van der Waals surface area (Å²) in [5.41, 5.74) is 1.01. The van der Waals surface area contributed by atoms with Gasteiger partial charge in [0.1, 0.15) is 5.82 Å². The molecule has 0 amide bonds. The van der Waals surface area contributed by atoms with Crippen molar-refractivity contribution < 1.29 is 23.8 Å². The van der Waals surface area contributed by atoms with E-state index in [0.717, 1.165) is 0 Å². The minimum absolute atomic E-state index is 0.0394. The molecule has 0 aliphatic carbocycles. The number of aromatic hydroxyl groups is 1. The summed E-state index contributed by atoms with van der Waals surface area (Å²) in [6, 6.07) is 8.87. The van der Waals surface area contributed by atoms with Crippen molar-refractivity contribution >= 4 is 5.97 Å². The number of esters is 1. The lowest BCUT2D eigenvalue weighted by Crippen LogP contribution is -2.04. The average molecular weight is 276 g/mol. The molecular formula is C15H13FO4. The molecule has 0 saturated heterocycles. The van der Waals surface area contributed by atoms with Crippen LogP contribution in [-0.4, -0.2) is 25.3 Å². The molecule has 2 aromatic carbocycles. The fraction of sp³-hybridized carbons (Fsp3) is 0.133. The summed E-state index contributed by atoms with van der Waals surface area (Å²) in [6.07, 6.45) is 0. The smallest absolute Gasteiger partial charge is 0.340 e. The molecule has 0 unspecified atom stereocenters. The van der Waals surface area contributed by atoms with Gasteiger partial charge in [0.05, 0.1) is 19.8 Å². The van der Waals surface area contributed by atoms with Crippen LogP contribution in [0.15, 0.2) is 36.4 Å². The first-order chi connectivity index (χ1) is 9.56. The van der Waals surface area contributed by atoms with E-state index >= 15 is 0 Å². The van der Waals surface area contributed by atoms with Crippen molar-refractivity contribution in [2.45, 2.75) is 0 Å². The van der Waals surface area contributed by atoms with E-state index in [9.17, 15) is 14.3 Å². The number of phenols is 1. The minimum atomic E-state index is -0.730. The zero-order valence-electron chi connectivity index (χ0n) is 11.0. The number of halogens is 1. The van der Waals surface area contributed by atoms with E-state index < -0.39 is 11.8 Å². The lowest BCUT2D eigenvalue weighted by molar-refractivity contribution is 0.0595. The maximum Gasteiger partial charge on any atom is 0.340 e. The van der Waals surface area contributed by atoms with Gasteiger partial charge in [0.25, 0.3) is 0 Å². The first kappa shape index (κ1) is 13.9. The normalized spacial score (nSPS) is 10.2. The second-order valence-electron chi connectivity index (χ2n) is 4.07. The van der Waals surface area contributed by atoms with E-state index in [1.807, 2.05) is 0 Å². The Morgan fingerprint density at radius 2 is 1.75 bits per heavy atom. The van der Waals surface area contributed by atoms with Crippen molar-refractivity contribution in [1.29, 1.82) is 0 Å². The number of rotatable bonds is 3. The molecule has 1 N–H and O–H groups in total. The van der Waals surface area contributed by atoms with Gasteiger partial charge in [0.2, 0.25) is 0 Å². The van der Waals surface area contributed by atoms with Crippen molar-refractivity contribution in [3.8, 4) is 22.6 Å². The van der Waals surface area contributed by atoms with Crippen molar-refractivity contribution in [3.63, 3.8) is 0 Å². The summed E-state index contributed by atoms with van der Waals surface area (Å²) in [4.78, 5) is 11.3. The average Bonchev–Trinajstić information content (AvgIpc) is 2.46. The first-order valence-corrected chi connectivity index (χ1v) is 5.82. The van der Waals surface area contributed by atoms with Crippen LogP contribution in [-0.2, 0) is 4.74 Å². The number of ether oxygens (including phenoxy) is 2. The summed E-state index contributed by atoms with van der Waals surface area (Å²) in [6.45, 7) is 0. The Morgan fingerprint density at radius 3 is 2.30 bits per heavy atom. The third kappa shape index (κ3) is 2.56. The van der Waals surface area contributed by atoms with E-state index in [-0.39, 0.29) is 11.3 Å². The quantitative estimate of drug-likeness (QED) is 0.876. The Hall–Kier alpha value is -2.56. The predicted molar refractivity (Wildman–Crippen MR) is 71.4 cm³/mol. The van der Waals surface area contributed by atoms with Crippen LogP contribution in [0, 0.1) is 5.82 Å². The number of carbonyl (C=O) groups is 1. The van der Waals surface area contributed by atoms with E-state index in [2.05, 4.69) is 4.74 Å². The highest BCUT2D eigenvalue weighted by Crippen LogP contribution is 2.31. The summed E-state index contributed by atoms with van der Waals surface area (Å²) < 4.78 is 23.2. The van der Waals surface area contributed by atoms with E-state index in [0.29, 0.717) is 16.9 Å². The Kier molecular flexibility index (Phi) is 3.89. The summed E-state index contributed by atoms with van der Waals surface area (Å²) >= 11 is 0. The van der Waals surface area contributed by atoms with Crippen LogP contribution >= 0.6 is 0 Å². The maximum atomic E-state index is 13.8. The van der Waals surface area contributed by atoms with Gasteiger partial charge in [-0.2, -0.15) is 0 Å². The number of hydrogen-bond donors (Lipinski definition) is 1. The van der Waals surface area contributed by atoms with Crippen LogP contribution in [0.25, 0.3) is 11.1 Å². The Morgan fingerprint density at radius 1 is 1.10 bits per heavy atom. The molecule has 2 rings (SSSR count). The molecule has 0 bridgehead atoms. The van der Waals surface area contributed by atoms with Gasteiger partial charge in [0.15, 0.2) is 11.5 Å². The van der Waals surface area contributed by atoms with Crippen LogP contribution in [0.3, 0.4) is 0 Å². The maximum absolute atomic E-state index is 13.8. The molecule has 0 aromatic heterocycles. The monoisotopic (exact) mass is 276 g/mol. The third-order valence-corrected chi connectivity index (χ3v) is 2.89. The SMILES string of the molecule is COC(=O)c1ccc(-c2ccc(OC)c(O)c2)cc1F. The van der Waals surface area contributed by atoms with Crippen molar-refractivity contribution in [2.75, 3.05) is 14.2 Å². The van der Waals surface area contributed by atoms with Gasteiger partial charge in [0, 0.05) is 0 Å². The number of hydrogen-bond acceptors (Lipinski definition) is 4. The fourth-order valence-corrected chi connectivity index (χ4v) is 1.84. The van der Waals surface area contributed by atoms with E-state index in [4.69, 9.17) is 4.74 Å². The van der Waals surface area contributed by atoms with Crippen LogP contribution in [0.2, 0.25) is 0 Å². The van der Waals surface area contributed by atoms with Crippen LogP contribution < -0.4 is 4.74 Å². The molecule has 2 aromatic rings. The van der Waals surface area contributed by atoms with Crippen molar-refractivity contribution in [2.24, 2.45) is 0 Å². The minimum Gasteiger partial charge on any atom is -0.504 e. The van der Waals surface area contributed by atoms with Gasteiger partial charge >= 0.3 is 5.97 Å². The molecule has 0 atom stereocenters. The lowest BCUT2D eigenvalue weighted by atomic mass is 10.0. The third-order valence-electron chi connectivity index (χ3n) is 2.89. The number of carbonyl (C=O) groups excluding carboxylic acids is 1. The summed E-state index contributed by atoms with van der Waals surface area (Å²) in [7, 11) is 2.64. The zero-order valence-corrected chi connectivity index (χ0v) is 11.0. The molecule has 0 radical (unpaired) electrons. The molecule has 0 fully saturated rings. The Balaban J connectivity index is 2.41. The highest BCUT2D eigenvalue weighted by atomic mass is 19.1. The molecule has 20 heavy (non-hydrogen) atoms. The molecule has 5 heteroatoms. The molecule has 0 spiro atoms. The van der Waals surface area contributed by atoms with Crippen LogP contribution in [0.1, 0.15) is 10.4 Å². The van der Waals surface area contributed by atoms with Gasteiger partial charge < -0.3 is 14.6 Å². The number of methoxy groups -OCH3 is 2. The zero-order chi connectivity index (χ0) is 14.7. The van der Waals surface area contributed by atoms with Gasteiger partial charge in [-0.3, -0.25) is 0 Å². The number of benzene rings is 2. The second-order valence-corrected chi connectivity index (χ2v) is 4.07. The largest absolute Gasteiger partial charge is 0.504 e. The summed E-state index contributed by atoms with van der Waals surface area (Å²) in [5, 5.41) is 9.71. The molecule has 0 heterocycles. The molecular weight excluding hydrogens is 263 g/mol. The lowest BCUT2D eigenvalue weighted by Gasteiger charge is -2.08. The Bertz CT molecular complexity index is 652. The second kappa shape index (κ2) is 5.61. The molecule has 104 valence electrons. The van der Waals surface area contributed by atoms with Crippen LogP contribution in [0.5, 0.6) is 11.5 Å². The van der Waals surface area contributed by atoms with Crippen molar-refractivity contribution in [1.82, 2.24) is 0 Å². The van der Waals surface area contributed by atoms with Gasteiger partial charge in [-0.1, -0.05) is 12.1 Å². The van der Waals surface area contributed by atoms with Crippen LogP contribution in [0.4, 0.5) is 4.39 Å². The standard InChI is InChI=1S/C15H13FO4/c1-19-14-6-4-10(8-13(14)17)9-3-5-11(12(16)7-9)15(18)20-2/h3-8,17H,1-2H3. The van der Waals surface area contributed by atoms with E-state index in [1.54, 1.807) is 18.2 Å². The molecule has 0 saturated carbocycles. The van der Waals surface area contributed by atoms with Gasteiger partial charge in [-0.05, 0) is 35.4 Å². The van der Waals surface area contributed by atoms with Gasteiger partial charge in [-0.15, -0.1) is 0 Å². The number of phenolic OH excluding ortho intramolecular Hbond substituents is 1. The highest BCUT2D eigenvalue weighted by Gasteiger charge is 2.13. The molecule has 0 aliphatic rings. The predicted octanol–water partition coefficient (Wildman–Crippen LogP) is 2.99. The summed E-state index contributed by atoms with van der Waals surface area (Å²) in [5.74, 6) is -1.11. The first-order valence-electron chi connectivity index (χ1n) is 5.82. The highest BCUT2D eigenvalue weighted by molar-refractivity contribution is 5.90.